The first-order chi connectivity index (χ1) is 14.4. The van der Waals surface area contributed by atoms with E-state index in [1.54, 1.807) is 30.3 Å². The van der Waals surface area contributed by atoms with Crippen LogP contribution in [0.3, 0.4) is 0 Å². The first kappa shape index (κ1) is 21.2. The molecule has 0 aliphatic carbocycles. The molecule has 0 saturated carbocycles. The van der Waals surface area contributed by atoms with E-state index in [0.717, 1.165) is 22.4 Å². The van der Waals surface area contributed by atoms with E-state index in [2.05, 4.69) is 10.4 Å². The van der Waals surface area contributed by atoms with Gasteiger partial charge in [-0.25, -0.2) is 13.5 Å². The number of aromatic nitrogens is 2. The number of nitrogens with zero attached hydrogens (tertiary/aromatic N) is 2. The molecule has 1 atom stereocenters. The maximum atomic E-state index is 13.7. The molecule has 0 aliphatic heterocycles. The largest absolute Gasteiger partial charge is 0.494 e. The molecule has 1 unspecified atom stereocenters. The molecule has 0 aliphatic rings. The van der Waals surface area contributed by atoms with Gasteiger partial charge in [0.1, 0.15) is 23.4 Å². The lowest BCUT2D eigenvalue weighted by molar-refractivity contribution is -0.124. The highest BCUT2D eigenvalue weighted by atomic mass is 19.1. The average molecular weight is 413 g/mol. The summed E-state index contributed by atoms with van der Waals surface area (Å²) in [5.41, 5.74) is 0.525. The summed E-state index contributed by atoms with van der Waals surface area (Å²) in [6.45, 7) is 3.59. The molecular formula is C22H21F2N3O3. The summed E-state index contributed by atoms with van der Waals surface area (Å²) < 4.78 is 33.9. The quantitative estimate of drug-likeness (QED) is 0.644. The molecule has 0 spiro atoms. The van der Waals surface area contributed by atoms with Crippen LogP contribution in [0.4, 0.5) is 8.78 Å². The molecule has 2 aromatic carbocycles. The normalized spacial score (nSPS) is 11.7. The van der Waals surface area contributed by atoms with Gasteiger partial charge in [-0.2, -0.15) is 5.10 Å². The number of carbonyl (C=O) groups is 1. The van der Waals surface area contributed by atoms with Crippen molar-refractivity contribution in [3.63, 3.8) is 0 Å². The number of hydrogen-bond donors (Lipinski definition) is 1. The highest BCUT2D eigenvalue weighted by Gasteiger charge is 2.19. The molecule has 0 bridgehead atoms. The van der Waals surface area contributed by atoms with Crippen molar-refractivity contribution in [2.24, 2.45) is 0 Å². The minimum Gasteiger partial charge on any atom is -0.494 e. The van der Waals surface area contributed by atoms with Gasteiger partial charge in [0.15, 0.2) is 0 Å². The summed E-state index contributed by atoms with van der Waals surface area (Å²) in [4.78, 5) is 24.7. The fourth-order valence-electron chi connectivity index (χ4n) is 2.88. The predicted octanol–water partition coefficient (Wildman–Crippen LogP) is 3.46. The Morgan fingerprint density at radius 2 is 1.77 bits per heavy atom. The van der Waals surface area contributed by atoms with Crippen molar-refractivity contribution in [1.29, 1.82) is 0 Å². The summed E-state index contributed by atoms with van der Waals surface area (Å²) in [5.74, 6) is -1.38. The molecule has 1 amide bonds. The topological polar surface area (TPSA) is 73.2 Å². The Morgan fingerprint density at radius 1 is 1.10 bits per heavy atom. The van der Waals surface area contributed by atoms with Crippen LogP contribution in [0.1, 0.15) is 25.5 Å². The fourth-order valence-corrected chi connectivity index (χ4v) is 2.88. The van der Waals surface area contributed by atoms with E-state index in [-0.39, 0.29) is 12.1 Å². The Morgan fingerprint density at radius 3 is 2.40 bits per heavy atom. The van der Waals surface area contributed by atoms with Gasteiger partial charge < -0.3 is 10.1 Å². The van der Waals surface area contributed by atoms with Gasteiger partial charge in [-0.15, -0.1) is 0 Å². The maximum absolute atomic E-state index is 13.7. The number of ether oxygens (including phenoxy) is 1. The predicted molar refractivity (Wildman–Crippen MR) is 108 cm³/mol. The Balaban J connectivity index is 1.78. The first-order valence-corrected chi connectivity index (χ1v) is 9.44. The lowest BCUT2D eigenvalue weighted by Crippen LogP contribution is -2.37. The van der Waals surface area contributed by atoms with Crippen LogP contribution < -0.4 is 15.6 Å². The molecule has 1 N–H and O–H groups in total. The monoisotopic (exact) mass is 413 g/mol. The summed E-state index contributed by atoms with van der Waals surface area (Å²) in [5, 5.41) is 6.74. The number of nitrogens with one attached hydrogen (secondary N) is 1. The molecular weight excluding hydrogens is 392 g/mol. The van der Waals surface area contributed by atoms with Gasteiger partial charge in [-0.3, -0.25) is 9.59 Å². The number of carbonyl (C=O) groups excluding carboxylic acids is 1. The van der Waals surface area contributed by atoms with E-state index in [4.69, 9.17) is 4.74 Å². The van der Waals surface area contributed by atoms with E-state index in [1.165, 1.54) is 19.1 Å². The van der Waals surface area contributed by atoms with E-state index in [9.17, 15) is 18.4 Å². The van der Waals surface area contributed by atoms with E-state index < -0.39 is 29.1 Å². The van der Waals surface area contributed by atoms with Crippen molar-refractivity contribution < 1.29 is 18.3 Å². The Bertz CT molecular complexity index is 1080. The van der Waals surface area contributed by atoms with Crippen LogP contribution in [0.25, 0.3) is 11.3 Å². The molecule has 6 nitrogen and oxygen atoms in total. The third kappa shape index (κ3) is 4.71. The number of benzene rings is 2. The number of rotatable bonds is 7. The zero-order chi connectivity index (χ0) is 21.7. The molecule has 0 radical (unpaired) electrons. The minimum absolute atomic E-state index is 0.249. The summed E-state index contributed by atoms with van der Waals surface area (Å²) in [6.07, 6.45) is 0. The van der Waals surface area contributed by atoms with Gasteiger partial charge in [0.2, 0.25) is 5.91 Å². The third-order valence-electron chi connectivity index (χ3n) is 4.53. The number of hydrogen-bond acceptors (Lipinski definition) is 4. The van der Waals surface area contributed by atoms with Gasteiger partial charge in [-0.1, -0.05) is 6.07 Å². The Kier molecular flexibility index (Phi) is 6.56. The lowest BCUT2D eigenvalue weighted by Gasteiger charge is -2.15. The van der Waals surface area contributed by atoms with Gasteiger partial charge in [-0.05, 0) is 56.3 Å². The molecule has 8 heteroatoms. The lowest BCUT2D eigenvalue weighted by atomic mass is 10.1. The molecule has 3 aromatic rings. The molecule has 1 heterocycles. The summed E-state index contributed by atoms with van der Waals surface area (Å²) in [6, 6.07) is 12.5. The maximum Gasteiger partial charge on any atom is 0.267 e. The van der Waals surface area contributed by atoms with Gasteiger partial charge in [0.05, 0.1) is 12.3 Å². The zero-order valence-corrected chi connectivity index (χ0v) is 16.6. The molecule has 156 valence electrons. The van der Waals surface area contributed by atoms with Crippen molar-refractivity contribution in [3.8, 4) is 17.0 Å². The van der Waals surface area contributed by atoms with E-state index in [1.807, 2.05) is 6.92 Å². The molecule has 30 heavy (non-hydrogen) atoms. The molecule has 0 fully saturated rings. The van der Waals surface area contributed by atoms with E-state index >= 15 is 0 Å². The van der Waals surface area contributed by atoms with Gasteiger partial charge in [0, 0.05) is 23.7 Å². The minimum atomic E-state index is -0.977. The molecule has 1 aromatic heterocycles. The van der Waals surface area contributed by atoms with Crippen molar-refractivity contribution in [3.05, 3.63) is 82.1 Å². The fraction of sp³-hybridized carbons (Fsp3) is 0.227. The highest BCUT2D eigenvalue weighted by molar-refractivity contribution is 5.79. The van der Waals surface area contributed by atoms with Crippen LogP contribution in [0.2, 0.25) is 0 Å². The second-order valence-corrected chi connectivity index (χ2v) is 6.55. The average Bonchev–Trinajstić information content (AvgIpc) is 2.74. The standard InChI is InChI=1S/C22H21F2N3O3/c1-3-30-16-9-7-15(8-10-16)20-11-12-21(28)27(26-20)14(2)22(29)25-13-17-18(23)5-4-6-19(17)24/h4-12,14H,3,13H2,1-2H3,(H,25,29). The van der Waals surface area contributed by atoms with Crippen molar-refractivity contribution >= 4 is 5.91 Å². The first-order valence-electron chi connectivity index (χ1n) is 9.44. The second kappa shape index (κ2) is 9.30. The zero-order valence-electron chi connectivity index (χ0n) is 16.6. The summed E-state index contributed by atoms with van der Waals surface area (Å²) >= 11 is 0. The smallest absolute Gasteiger partial charge is 0.267 e. The highest BCUT2D eigenvalue weighted by Crippen LogP contribution is 2.20. The van der Waals surface area contributed by atoms with Crippen molar-refractivity contribution in [2.45, 2.75) is 26.4 Å². The van der Waals surface area contributed by atoms with Crippen LogP contribution in [-0.2, 0) is 11.3 Å². The van der Waals surface area contributed by atoms with Crippen LogP contribution in [-0.4, -0.2) is 22.3 Å². The Hall–Kier alpha value is -3.55. The molecule has 0 saturated heterocycles. The molecule has 3 rings (SSSR count). The second-order valence-electron chi connectivity index (χ2n) is 6.55. The van der Waals surface area contributed by atoms with Crippen LogP contribution in [0.15, 0.2) is 59.4 Å². The van der Waals surface area contributed by atoms with Gasteiger partial charge in [0.25, 0.3) is 5.56 Å². The number of amides is 1. The van der Waals surface area contributed by atoms with Gasteiger partial charge >= 0.3 is 0 Å². The van der Waals surface area contributed by atoms with Crippen LogP contribution in [0.5, 0.6) is 5.75 Å². The SMILES string of the molecule is CCOc1ccc(-c2ccc(=O)n(C(C)C(=O)NCc3c(F)cccc3F)n2)cc1. The van der Waals surface area contributed by atoms with Crippen molar-refractivity contribution in [2.75, 3.05) is 6.61 Å². The third-order valence-corrected chi connectivity index (χ3v) is 4.53. The Labute approximate surface area is 172 Å². The number of halogens is 2. The van der Waals surface area contributed by atoms with Crippen molar-refractivity contribution in [1.82, 2.24) is 15.1 Å². The van der Waals surface area contributed by atoms with Crippen LogP contribution >= 0.6 is 0 Å². The van der Waals surface area contributed by atoms with Crippen LogP contribution in [0, 0.1) is 11.6 Å². The van der Waals surface area contributed by atoms with E-state index in [0.29, 0.717) is 18.1 Å². The summed E-state index contributed by atoms with van der Waals surface area (Å²) in [7, 11) is 0.